The van der Waals surface area contributed by atoms with Crippen LogP contribution in [0.4, 0.5) is 8.78 Å². The van der Waals surface area contributed by atoms with Crippen molar-refractivity contribution in [1.82, 2.24) is 19.1 Å². The van der Waals surface area contributed by atoms with Crippen molar-refractivity contribution in [2.75, 3.05) is 0 Å². The Kier molecular flexibility index (Phi) is 7.99. The number of aryl methyl sites for hydroxylation is 2. The Hall–Kier alpha value is -3.89. The van der Waals surface area contributed by atoms with Crippen molar-refractivity contribution in [2.24, 2.45) is 0 Å². The first kappa shape index (κ1) is 28.1. The first-order valence-electron chi connectivity index (χ1n) is 12.2. The molecule has 39 heavy (non-hydrogen) atoms. The summed E-state index contributed by atoms with van der Waals surface area (Å²) in [6.45, 7) is 3.54. The number of imidazole rings is 2. The highest BCUT2D eigenvalue weighted by molar-refractivity contribution is 6.67. The van der Waals surface area contributed by atoms with E-state index in [1.54, 1.807) is 31.1 Å². The van der Waals surface area contributed by atoms with Crippen molar-refractivity contribution in [1.29, 1.82) is 0 Å². The van der Waals surface area contributed by atoms with Crippen molar-refractivity contribution >= 4 is 22.8 Å². The number of hydrogen-bond donors (Lipinski definition) is 1. The normalized spacial score (nSPS) is 14.3. The third-order valence-electron chi connectivity index (χ3n) is 6.77. The maximum atomic E-state index is 13.6. The molecule has 11 heteroatoms. The average molecular weight is 557 g/mol. The lowest BCUT2D eigenvalue weighted by molar-refractivity contribution is 0.0691. The van der Waals surface area contributed by atoms with Crippen LogP contribution in [0.2, 0.25) is 0 Å². The molecule has 0 radical (unpaired) electrons. The molecule has 0 atom stereocenters. The van der Waals surface area contributed by atoms with Crippen molar-refractivity contribution in [3.63, 3.8) is 0 Å². The number of rotatable bonds is 6. The van der Waals surface area contributed by atoms with Gasteiger partial charge in [-0.1, -0.05) is 0 Å². The minimum atomic E-state index is -1.26. The van der Waals surface area contributed by atoms with E-state index < -0.39 is 22.8 Å². The molecule has 2 aromatic heterocycles. The van der Waals surface area contributed by atoms with E-state index in [9.17, 15) is 18.4 Å². The van der Waals surface area contributed by atoms with E-state index in [0.29, 0.717) is 23.1 Å². The highest BCUT2D eigenvalue weighted by Gasteiger charge is 2.27. The van der Waals surface area contributed by atoms with Crippen molar-refractivity contribution in [2.45, 2.75) is 51.4 Å². The first-order valence-corrected chi connectivity index (χ1v) is 12.6. The fraction of sp³-hybridized carbons (Fsp3) is 0.286. The van der Waals surface area contributed by atoms with Gasteiger partial charge in [-0.05, 0) is 86.5 Å². The lowest BCUT2D eigenvalue weighted by Crippen LogP contribution is -2.04. The van der Waals surface area contributed by atoms with Gasteiger partial charge in [-0.3, -0.25) is 4.79 Å². The average Bonchev–Trinajstić information content (AvgIpc) is 3.79. The largest absolute Gasteiger partial charge is 0.478 e. The van der Waals surface area contributed by atoms with Gasteiger partial charge in [0.05, 0.1) is 46.5 Å². The first-order chi connectivity index (χ1) is 18.1. The molecular weight excluding hydrogens is 530 g/mol. The standard InChI is InChI=1S/C14H12ClFN2O.C14H13FN2O2.H2O/c1-8-4-11(16)10(14(15)19)5-13(8)18-6-12(17-7-18)9-2-3-9;1-8-4-11(15)10(14(18)19)5-13(8)17-6-12(16-7-17)9-2-3-9;/h4-7,9H,2-3H2,1H3;4-7,9H,2-3H2,1H3,(H,18,19);1H2. The van der Waals surface area contributed by atoms with Crippen LogP contribution in [0.25, 0.3) is 11.4 Å². The van der Waals surface area contributed by atoms with E-state index in [2.05, 4.69) is 9.97 Å². The summed E-state index contributed by atoms with van der Waals surface area (Å²) < 4.78 is 30.7. The van der Waals surface area contributed by atoms with E-state index in [0.717, 1.165) is 35.5 Å². The number of halogens is 3. The van der Waals surface area contributed by atoms with E-state index in [1.165, 1.54) is 37.1 Å². The van der Waals surface area contributed by atoms with Crippen molar-refractivity contribution < 1.29 is 29.0 Å². The van der Waals surface area contributed by atoms with Crippen LogP contribution in [0, 0.1) is 25.5 Å². The number of hydrogen-bond acceptors (Lipinski definition) is 4. The van der Waals surface area contributed by atoms with E-state index >= 15 is 0 Å². The summed E-state index contributed by atoms with van der Waals surface area (Å²) in [5.74, 6) is -1.49. The van der Waals surface area contributed by atoms with Gasteiger partial charge in [0.1, 0.15) is 11.6 Å². The second-order valence-corrected chi connectivity index (χ2v) is 10.1. The quantitative estimate of drug-likeness (QED) is 0.308. The maximum absolute atomic E-state index is 13.6. The lowest BCUT2D eigenvalue weighted by Gasteiger charge is -2.08. The smallest absolute Gasteiger partial charge is 0.338 e. The summed E-state index contributed by atoms with van der Waals surface area (Å²) in [5.41, 5.74) is 4.43. The fourth-order valence-corrected chi connectivity index (χ4v) is 4.46. The number of benzene rings is 2. The Morgan fingerprint density at radius 3 is 1.62 bits per heavy atom. The summed E-state index contributed by atoms with van der Waals surface area (Å²) >= 11 is 5.38. The highest BCUT2D eigenvalue weighted by Crippen LogP contribution is 2.40. The Morgan fingerprint density at radius 1 is 0.821 bits per heavy atom. The number of carboxylic acid groups (broad SMARTS) is 1. The molecule has 0 saturated heterocycles. The summed E-state index contributed by atoms with van der Waals surface area (Å²) in [7, 11) is 0. The van der Waals surface area contributed by atoms with E-state index in [4.69, 9.17) is 16.7 Å². The Morgan fingerprint density at radius 2 is 1.23 bits per heavy atom. The third kappa shape index (κ3) is 6.07. The molecule has 0 spiro atoms. The molecular formula is C28H27ClF2N4O4. The Bertz CT molecular complexity index is 1440. The lowest BCUT2D eigenvalue weighted by atomic mass is 10.1. The predicted molar refractivity (Wildman–Crippen MR) is 141 cm³/mol. The van der Waals surface area contributed by atoms with Crippen LogP contribution < -0.4 is 0 Å². The second-order valence-electron chi connectivity index (χ2n) is 9.78. The molecule has 2 fully saturated rings. The maximum Gasteiger partial charge on any atom is 0.338 e. The Balaban J connectivity index is 0.000000176. The van der Waals surface area contributed by atoms with Gasteiger partial charge in [0, 0.05) is 24.2 Å². The van der Waals surface area contributed by atoms with Crippen LogP contribution in [0.15, 0.2) is 49.3 Å². The minimum Gasteiger partial charge on any atom is -0.478 e. The minimum absolute atomic E-state index is 0. The van der Waals surface area contributed by atoms with Crippen LogP contribution in [0.5, 0.6) is 0 Å². The zero-order valence-electron chi connectivity index (χ0n) is 21.3. The molecule has 8 nitrogen and oxygen atoms in total. The van der Waals surface area contributed by atoms with Crippen LogP contribution in [-0.4, -0.2) is 40.9 Å². The predicted octanol–water partition coefficient (Wildman–Crippen LogP) is 5.65. The van der Waals surface area contributed by atoms with Gasteiger partial charge in [0.25, 0.3) is 5.24 Å². The molecule has 4 aromatic rings. The molecule has 2 aromatic carbocycles. The second kappa shape index (κ2) is 11.1. The Labute approximate surface area is 228 Å². The topological polar surface area (TPSA) is 122 Å². The summed E-state index contributed by atoms with van der Waals surface area (Å²) in [6.07, 6.45) is 11.8. The fourth-order valence-electron chi connectivity index (χ4n) is 4.31. The van der Waals surface area contributed by atoms with Crippen LogP contribution in [0.1, 0.15) is 80.7 Å². The highest BCUT2D eigenvalue weighted by atomic mass is 35.5. The number of nitrogens with zero attached hydrogens (tertiary/aromatic N) is 4. The monoisotopic (exact) mass is 556 g/mol. The molecule has 3 N–H and O–H groups in total. The van der Waals surface area contributed by atoms with Gasteiger partial charge < -0.3 is 19.7 Å². The van der Waals surface area contributed by atoms with E-state index in [1.807, 2.05) is 17.0 Å². The molecule has 0 aliphatic heterocycles. The number of aromatic nitrogens is 4. The molecule has 0 amide bonds. The molecule has 6 rings (SSSR count). The van der Waals surface area contributed by atoms with Crippen LogP contribution in [0.3, 0.4) is 0 Å². The zero-order chi connectivity index (χ0) is 27.1. The van der Waals surface area contributed by atoms with Gasteiger partial charge in [-0.25, -0.2) is 23.5 Å². The summed E-state index contributed by atoms with van der Waals surface area (Å²) in [6, 6.07) is 5.39. The van der Waals surface area contributed by atoms with Gasteiger partial charge in [-0.2, -0.15) is 0 Å². The van der Waals surface area contributed by atoms with Crippen molar-refractivity contribution in [3.05, 3.63) is 94.6 Å². The summed E-state index contributed by atoms with van der Waals surface area (Å²) in [4.78, 5) is 30.8. The number of carbonyl (C=O) groups is 2. The number of carboxylic acids is 1. The van der Waals surface area contributed by atoms with Crippen LogP contribution >= 0.6 is 11.6 Å². The van der Waals surface area contributed by atoms with Crippen molar-refractivity contribution in [3.8, 4) is 11.4 Å². The summed E-state index contributed by atoms with van der Waals surface area (Å²) in [5, 5.41) is 8.18. The molecule has 2 aliphatic carbocycles. The molecule has 204 valence electrons. The zero-order valence-corrected chi connectivity index (χ0v) is 22.0. The SMILES string of the molecule is Cc1cc(F)c(C(=O)Cl)cc1-n1cnc(C2CC2)c1.Cc1cc(F)c(C(=O)O)cc1-n1cnc(C2CC2)c1.O. The molecule has 2 saturated carbocycles. The molecule has 2 heterocycles. The number of aromatic carboxylic acids is 1. The van der Waals surface area contributed by atoms with Gasteiger partial charge in [0.2, 0.25) is 0 Å². The number of carbonyl (C=O) groups excluding carboxylic acids is 1. The third-order valence-corrected chi connectivity index (χ3v) is 6.97. The van der Waals surface area contributed by atoms with Gasteiger partial charge in [-0.15, -0.1) is 0 Å². The van der Waals surface area contributed by atoms with Crippen LogP contribution in [-0.2, 0) is 0 Å². The van der Waals surface area contributed by atoms with Gasteiger partial charge >= 0.3 is 5.97 Å². The van der Waals surface area contributed by atoms with E-state index in [-0.39, 0.29) is 16.6 Å². The van der Waals surface area contributed by atoms with Gasteiger partial charge in [0.15, 0.2) is 0 Å². The molecule has 0 unspecified atom stereocenters. The molecule has 0 bridgehead atoms. The molecule has 2 aliphatic rings.